The van der Waals surface area contributed by atoms with Gasteiger partial charge in [-0.05, 0) is 0 Å². The molecule has 0 aliphatic carbocycles. The number of rotatable bonds is 3. The minimum atomic E-state index is -1.55. The maximum absolute atomic E-state index is 11.6. The summed E-state index contributed by atoms with van der Waals surface area (Å²) in [6.07, 6.45) is -1.55. The molecule has 0 bridgehead atoms. The summed E-state index contributed by atoms with van der Waals surface area (Å²) >= 11 is 0. The lowest BCUT2D eigenvalue weighted by Crippen LogP contribution is -2.18. The van der Waals surface area contributed by atoms with E-state index in [1.165, 1.54) is 0 Å². The summed E-state index contributed by atoms with van der Waals surface area (Å²) in [6, 6.07) is 0. The number of halogens is 1. The van der Waals surface area contributed by atoms with Crippen LogP contribution in [-0.4, -0.2) is 18.0 Å². The van der Waals surface area contributed by atoms with Crippen LogP contribution >= 0.6 is 8.61 Å². The molecule has 0 rings (SSSR count). The number of aliphatic hydroxyl groups is 1. The summed E-state index contributed by atoms with van der Waals surface area (Å²) in [5.41, 5.74) is 0. The second-order valence-corrected chi connectivity index (χ2v) is 1.39. The molecule has 0 amide bonds. The second-order valence-electron chi connectivity index (χ2n) is 0.897. The van der Waals surface area contributed by atoms with Crippen LogP contribution in [0.5, 0.6) is 0 Å². The highest BCUT2D eigenvalue weighted by molar-refractivity contribution is 7.21. The van der Waals surface area contributed by atoms with Gasteiger partial charge in [-0.15, -0.1) is 0 Å². The first kappa shape index (κ1) is 6.95. The van der Waals surface area contributed by atoms with Gasteiger partial charge in [0.1, 0.15) is 0 Å². The number of nitrogens with one attached hydrogen (secondary N) is 1. The van der Waals surface area contributed by atoms with Gasteiger partial charge in [-0.2, -0.15) is 0 Å². The van der Waals surface area contributed by atoms with Gasteiger partial charge in [-0.25, -0.2) is 4.39 Å². The summed E-state index contributed by atoms with van der Waals surface area (Å²) in [5, 5.41) is 9.74. The van der Waals surface area contributed by atoms with Gasteiger partial charge in [0.15, 0.2) is 0 Å². The maximum Gasteiger partial charge on any atom is 0.421 e. The van der Waals surface area contributed by atoms with Crippen LogP contribution in [0.4, 0.5) is 4.39 Å². The van der Waals surface area contributed by atoms with Crippen molar-refractivity contribution in [2.45, 2.75) is 6.30 Å². The Hall–Kier alpha value is -0.0500. The van der Waals surface area contributed by atoms with Crippen molar-refractivity contribution in [2.24, 2.45) is 0 Å². The number of hydrogen-bond donors (Lipinski definition) is 2. The van der Waals surface area contributed by atoms with Crippen LogP contribution in [0, 0.1) is 0 Å². The molecular formula is C2H6FNO2P+. The highest BCUT2D eigenvalue weighted by Gasteiger charge is 2.04. The van der Waals surface area contributed by atoms with E-state index in [0.717, 1.165) is 0 Å². The second kappa shape index (κ2) is 4.12. The van der Waals surface area contributed by atoms with Crippen molar-refractivity contribution >= 4 is 8.61 Å². The molecule has 42 valence electrons. The lowest BCUT2D eigenvalue weighted by Gasteiger charge is -1.89. The van der Waals surface area contributed by atoms with E-state index in [1.54, 1.807) is 0 Å². The average Bonchev–Trinajstić information content (AvgIpc) is 1.68. The van der Waals surface area contributed by atoms with E-state index in [4.69, 9.17) is 5.11 Å². The van der Waals surface area contributed by atoms with E-state index >= 15 is 0 Å². The minimum absolute atomic E-state index is 0.630. The van der Waals surface area contributed by atoms with Crippen LogP contribution in [0.2, 0.25) is 0 Å². The molecule has 0 fully saturated rings. The van der Waals surface area contributed by atoms with Gasteiger partial charge in [0.05, 0.1) is 6.61 Å². The fourth-order valence-electron chi connectivity index (χ4n) is 0.110. The number of hydrogen-bond acceptors (Lipinski definition) is 2. The molecular weight excluding hydrogens is 120 g/mol. The van der Waals surface area contributed by atoms with Crippen molar-refractivity contribution in [3.63, 3.8) is 0 Å². The third-order valence-electron chi connectivity index (χ3n) is 0.376. The summed E-state index contributed by atoms with van der Waals surface area (Å²) in [4.78, 5) is 0. The van der Waals surface area contributed by atoms with E-state index in [1.807, 2.05) is 5.09 Å². The zero-order chi connectivity index (χ0) is 5.70. The molecule has 7 heavy (non-hydrogen) atoms. The van der Waals surface area contributed by atoms with Crippen LogP contribution in [0.25, 0.3) is 0 Å². The predicted molar refractivity (Wildman–Crippen MR) is 24.1 cm³/mol. The molecule has 0 aromatic heterocycles. The molecule has 0 spiro atoms. The standard InChI is InChI=1S/C2H5FNO2P/c3-2(1-5)4-7-6/h2,5H,1H2,(H,4,6)/p+1. The summed E-state index contributed by atoms with van der Waals surface area (Å²) < 4.78 is 21.0. The van der Waals surface area contributed by atoms with Crippen molar-refractivity contribution in [3.05, 3.63) is 0 Å². The van der Waals surface area contributed by atoms with Crippen LogP contribution in [0.3, 0.4) is 0 Å². The Morgan fingerprint density at radius 2 is 2.57 bits per heavy atom. The first-order chi connectivity index (χ1) is 3.31. The summed E-state index contributed by atoms with van der Waals surface area (Å²) in [6.45, 7) is -0.630. The SMILES string of the molecule is O=[PH+]NC(F)CO. The lowest BCUT2D eigenvalue weighted by molar-refractivity contribution is 0.170. The zero-order valence-electron chi connectivity index (χ0n) is 3.52. The fourth-order valence-corrected chi connectivity index (χ4v) is 0.329. The third-order valence-corrected chi connectivity index (χ3v) is 0.807. The number of alkyl halides is 1. The molecule has 0 saturated carbocycles. The third kappa shape index (κ3) is 3.79. The number of aliphatic hydroxyl groups excluding tert-OH is 1. The minimum Gasteiger partial charge on any atom is -0.392 e. The molecule has 5 heteroatoms. The van der Waals surface area contributed by atoms with Gasteiger partial charge < -0.3 is 5.11 Å². The van der Waals surface area contributed by atoms with E-state index in [0.29, 0.717) is 0 Å². The Morgan fingerprint density at radius 3 is 2.71 bits per heavy atom. The van der Waals surface area contributed by atoms with Crippen LogP contribution in [-0.2, 0) is 4.57 Å². The highest BCUT2D eigenvalue weighted by Crippen LogP contribution is 1.88. The molecule has 0 aromatic carbocycles. The van der Waals surface area contributed by atoms with Gasteiger partial charge in [0, 0.05) is 0 Å². The van der Waals surface area contributed by atoms with Crippen LogP contribution in [0.15, 0.2) is 0 Å². The highest BCUT2D eigenvalue weighted by atomic mass is 31.1. The topological polar surface area (TPSA) is 49.3 Å². The van der Waals surface area contributed by atoms with Gasteiger partial charge in [-0.3, -0.25) is 0 Å². The molecule has 3 nitrogen and oxygen atoms in total. The molecule has 2 unspecified atom stereocenters. The van der Waals surface area contributed by atoms with Crippen molar-refractivity contribution in [2.75, 3.05) is 6.61 Å². The normalized spacial score (nSPS) is 14.6. The van der Waals surface area contributed by atoms with Gasteiger partial charge in [-0.1, -0.05) is 9.65 Å². The molecule has 0 radical (unpaired) electrons. The van der Waals surface area contributed by atoms with Crippen molar-refractivity contribution in [3.8, 4) is 0 Å². The Balaban J connectivity index is 2.98. The van der Waals surface area contributed by atoms with Gasteiger partial charge in [0.2, 0.25) is 6.30 Å². The van der Waals surface area contributed by atoms with E-state index in [2.05, 4.69) is 0 Å². The van der Waals surface area contributed by atoms with E-state index < -0.39 is 21.5 Å². The monoisotopic (exact) mass is 126 g/mol. The smallest absolute Gasteiger partial charge is 0.392 e. The van der Waals surface area contributed by atoms with Crippen molar-refractivity contribution in [1.82, 2.24) is 5.09 Å². The zero-order valence-corrected chi connectivity index (χ0v) is 4.52. The van der Waals surface area contributed by atoms with E-state index in [9.17, 15) is 8.96 Å². The summed E-state index contributed by atoms with van der Waals surface area (Å²) in [5.74, 6) is 0. The molecule has 0 saturated heterocycles. The Morgan fingerprint density at radius 1 is 2.00 bits per heavy atom. The fraction of sp³-hybridized carbons (Fsp3) is 1.00. The lowest BCUT2D eigenvalue weighted by atomic mass is 10.7. The molecule has 0 aliphatic rings. The van der Waals surface area contributed by atoms with Crippen molar-refractivity contribution < 1.29 is 14.1 Å². The van der Waals surface area contributed by atoms with Crippen molar-refractivity contribution in [1.29, 1.82) is 0 Å². The molecule has 0 aromatic rings. The van der Waals surface area contributed by atoms with Gasteiger partial charge in [0.25, 0.3) is 0 Å². The molecule has 0 aliphatic heterocycles. The van der Waals surface area contributed by atoms with E-state index in [-0.39, 0.29) is 0 Å². The van der Waals surface area contributed by atoms with Crippen LogP contribution < -0.4 is 5.09 Å². The Labute approximate surface area is 41.8 Å². The maximum atomic E-state index is 11.6. The first-order valence-electron chi connectivity index (χ1n) is 1.69. The van der Waals surface area contributed by atoms with Gasteiger partial charge >= 0.3 is 8.61 Å². The first-order valence-corrected chi connectivity index (χ1v) is 2.59. The molecule has 2 atom stereocenters. The predicted octanol–water partition coefficient (Wildman–Crippen LogP) is -0.197. The summed E-state index contributed by atoms with van der Waals surface area (Å²) in [7, 11) is -0.890. The molecule has 2 N–H and O–H groups in total. The van der Waals surface area contributed by atoms with Crippen LogP contribution in [0.1, 0.15) is 0 Å². The molecule has 0 heterocycles. The Kier molecular flexibility index (Phi) is 4.09. The Bertz CT molecular complexity index is 61.7. The quantitative estimate of drug-likeness (QED) is 0.406. The largest absolute Gasteiger partial charge is 0.421 e. The average molecular weight is 126 g/mol.